The van der Waals surface area contributed by atoms with Crippen molar-refractivity contribution in [2.24, 2.45) is 0 Å². The first-order valence-corrected chi connectivity index (χ1v) is 17.1. The second-order valence-corrected chi connectivity index (χ2v) is 13.4. The van der Waals surface area contributed by atoms with E-state index < -0.39 is 43.6 Å². The maximum absolute atomic E-state index is 13.2. The highest BCUT2D eigenvalue weighted by Crippen LogP contribution is 2.35. The molecule has 0 unspecified atom stereocenters. The Bertz CT molecular complexity index is 2270. The van der Waals surface area contributed by atoms with E-state index in [1.807, 2.05) is 0 Å². The number of non-ortho nitro benzene ring substituents is 2. The van der Waals surface area contributed by atoms with Crippen LogP contribution in [0.15, 0.2) is 60.7 Å². The SMILES string of the molecule is CS(=O)(=O)O.O=C1c2cccc3cc([N+](=O)[O-])cc(c23)C(=O)N1CCNCCC(=S)CCN1C(=O)c2cccc3cc([N+](=O)[O-])cc(c23)C1=O. The van der Waals surface area contributed by atoms with Crippen molar-refractivity contribution < 1.29 is 42.0 Å². The largest absolute Gasteiger partial charge is 0.315 e. The van der Waals surface area contributed by atoms with E-state index in [0.717, 1.165) is 9.80 Å². The van der Waals surface area contributed by atoms with E-state index in [1.54, 1.807) is 36.4 Å². The number of benzene rings is 4. The van der Waals surface area contributed by atoms with Gasteiger partial charge in [0.25, 0.3) is 45.1 Å². The Hall–Kier alpha value is -5.56. The van der Waals surface area contributed by atoms with Gasteiger partial charge >= 0.3 is 0 Å². The fourth-order valence-corrected chi connectivity index (χ4v) is 6.00. The summed E-state index contributed by atoms with van der Waals surface area (Å²) in [6.07, 6.45) is 1.35. The maximum atomic E-state index is 13.2. The molecule has 0 spiro atoms. The Balaban J connectivity index is 0.000000908. The van der Waals surface area contributed by atoms with Crippen LogP contribution in [0.1, 0.15) is 54.3 Å². The first-order chi connectivity index (χ1) is 23.6. The van der Waals surface area contributed by atoms with Gasteiger partial charge in [0.2, 0.25) is 0 Å². The molecule has 0 fully saturated rings. The number of thiocarbonyl (C=S) groups is 1. The summed E-state index contributed by atoms with van der Waals surface area (Å²) in [5.74, 6) is -2.20. The summed E-state index contributed by atoms with van der Waals surface area (Å²) in [4.78, 5) is 77.0. The molecule has 18 heteroatoms. The highest BCUT2D eigenvalue weighted by atomic mass is 32.2. The zero-order valence-electron chi connectivity index (χ0n) is 26.2. The van der Waals surface area contributed by atoms with E-state index >= 15 is 0 Å². The Kier molecular flexibility index (Phi) is 10.1. The van der Waals surface area contributed by atoms with Crippen LogP contribution in [-0.4, -0.2) is 93.5 Å². The van der Waals surface area contributed by atoms with Crippen molar-refractivity contribution in [3.8, 4) is 0 Å². The van der Waals surface area contributed by atoms with Crippen molar-refractivity contribution >= 4 is 83.7 Å². The summed E-state index contributed by atoms with van der Waals surface area (Å²) in [5, 5.41) is 27.6. The van der Waals surface area contributed by atoms with Crippen LogP contribution in [0.2, 0.25) is 0 Å². The van der Waals surface area contributed by atoms with Gasteiger partial charge in [-0.3, -0.25) is 53.8 Å². The lowest BCUT2D eigenvalue weighted by Crippen LogP contribution is -2.44. The molecule has 0 atom stereocenters. The second kappa shape index (κ2) is 14.1. The zero-order valence-corrected chi connectivity index (χ0v) is 27.8. The van der Waals surface area contributed by atoms with Crippen LogP contribution in [0.5, 0.6) is 0 Å². The molecule has 4 aromatic rings. The number of carbonyl (C=O) groups excluding carboxylic acids is 4. The fourth-order valence-electron chi connectivity index (χ4n) is 5.81. The number of nitrogens with zero attached hydrogens (tertiary/aromatic N) is 4. The molecule has 50 heavy (non-hydrogen) atoms. The van der Waals surface area contributed by atoms with E-state index in [4.69, 9.17) is 16.8 Å². The van der Waals surface area contributed by atoms with Crippen molar-refractivity contribution in [2.45, 2.75) is 12.8 Å². The van der Waals surface area contributed by atoms with Gasteiger partial charge in [-0.25, -0.2) is 0 Å². The van der Waals surface area contributed by atoms with Gasteiger partial charge < -0.3 is 5.32 Å². The topological polar surface area (TPSA) is 227 Å². The minimum absolute atomic E-state index is 0.00287. The third-order valence-electron chi connectivity index (χ3n) is 7.95. The smallest absolute Gasteiger partial charge is 0.270 e. The molecule has 0 aliphatic carbocycles. The molecule has 4 aromatic carbocycles. The molecule has 16 nitrogen and oxygen atoms in total. The number of carbonyl (C=O) groups is 4. The molecule has 258 valence electrons. The van der Waals surface area contributed by atoms with Crippen molar-refractivity contribution in [1.29, 1.82) is 0 Å². The number of amides is 4. The maximum Gasteiger partial charge on any atom is 0.270 e. The van der Waals surface area contributed by atoms with Gasteiger partial charge in [0.15, 0.2) is 0 Å². The highest BCUT2D eigenvalue weighted by molar-refractivity contribution is 7.85. The summed E-state index contributed by atoms with van der Waals surface area (Å²) >= 11 is 5.47. The lowest BCUT2D eigenvalue weighted by Gasteiger charge is -2.27. The molecule has 0 saturated carbocycles. The normalized spacial score (nSPS) is 13.8. The lowest BCUT2D eigenvalue weighted by atomic mass is 9.93. The minimum Gasteiger partial charge on any atom is -0.315 e. The van der Waals surface area contributed by atoms with E-state index in [0.29, 0.717) is 56.8 Å². The number of imide groups is 2. The van der Waals surface area contributed by atoms with Gasteiger partial charge in [0, 0.05) is 65.8 Å². The van der Waals surface area contributed by atoms with Crippen LogP contribution in [0.3, 0.4) is 0 Å². The molecule has 4 amide bonds. The molecule has 0 aromatic heterocycles. The van der Waals surface area contributed by atoms with Crippen LogP contribution in [0.25, 0.3) is 21.5 Å². The zero-order chi connectivity index (χ0) is 36.5. The average Bonchev–Trinajstić information content (AvgIpc) is 3.05. The average molecular weight is 722 g/mol. The summed E-state index contributed by atoms with van der Waals surface area (Å²) in [6, 6.07) is 14.7. The molecule has 2 aliphatic rings. The quantitative estimate of drug-likeness (QED) is 0.0559. The third kappa shape index (κ3) is 7.37. The van der Waals surface area contributed by atoms with E-state index in [2.05, 4.69) is 5.32 Å². The van der Waals surface area contributed by atoms with Crippen molar-refractivity contribution in [2.75, 3.05) is 32.4 Å². The summed E-state index contributed by atoms with van der Waals surface area (Å²) < 4.78 is 25.9. The Morgan fingerprint density at radius 3 is 1.58 bits per heavy atom. The first kappa shape index (κ1) is 35.7. The molecule has 2 heterocycles. The highest BCUT2D eigenvalue weighted by Gasteiger charge is 2.35. The molecule has 0 radical (unpaired) electrons. The monoisotopic (exact) mass is 721 g/mol. The number of nitro benzene ring substituents is 2. The second-order valence-electron chi connectivity index (χ2n) is 11.4. The van der Waals surface area contributed by atoms with Crippen LogP contribution >= 0.6 is 12.2 Å². The van der Waals surface area contributed by atoms with Crippen LogP contribution in [-0.2, 0) is 10.1 Å². The van der Waals surface area contributed by atoms with E-state index in [-0.39, 0.29) is 48.6 Å². The van der Waals surface area contributed by atoms with Gasteiger partial charge in [-0.1, -0.05) is 36.5 Å². The van der Waals surface area contributed by atoms with Gasteiger partial charge in [0.1, 0.15) is 0 Å². The molecular weight excluding hydrogens is 695 g/mol. The lowest BCUT2D eigenvalue weighted by molar-refractivity contribution is -0.384. The predicted octanol–water partition coefficient (Wildman–Crippen LogP) is 3.95. The van der Waals surface area contributed by atoms with Crippen molar-refractivity contribution in [3.05, 3.63) is 103 Å². The first-order valence-electron chi connectivity index (χ1n) is 14.9. The molecule has 0 bridgehead atoms. The summed E-state index contributed by atoms with van der Waals surface area (Å²) in [5.41, 5.74) is 0.310. The molecule has 6 rings (SSSR count). The van der Waals surface area contributed by atoms with Crippen molar-refractivity contribution in [1.82, 2.24) is 15.1 Å². The summed E-state index contributed by atoms with van der Waals surface area (Å²) in [6.45, 7) is 0.658. The predicted molar refractivity (Wildman–Crippen MR) is 184 cm³/mol. The molecular formula is C32H27N5O11S2. The van der Waals surface area contributed by atoms with Crippen LogP contribution in [0.4, 0.5) is 11.4 Å². The fraction of sp³-hybridized carbons (Fsp3) is 0.219. The van der Waals surface area contributed by atoms with Gasteiger partial charge in [-0.15, -0.1) is 0 Å². The molecule has 0 saturated heterocycles. The number of nitrogens with one attached hydrogen (secondary N) is 1. The van der Waals surface area contributed by atoms with Gasteiger partial charge in [-0.05, 0) is 47.2 Å². The van der Waals surface area contributed by atoms with Gasteiger partial charge in [-0.2, -0.15) is 8.42 Å². The molecule has 2 aliphatic heterocycles. The van der Waals surface area contributed by atoms with Crippen LogP contribution < -0.4 is 5.32 Å². The van der Waals surface area contributed by atoms with E-state index in [1.165, 1.54) is 24.3 Å². The van der Waals surface area contributed by atoms with Crippen molar-refractivity contribution in [3.63, 3.8) is 0 Å². The number of rotatable bonds is 11. The summed E-state index contributed by atoms with van der Waals surface area (Å²) in [7, 11) is -3.67. The Morgan fingerprint density at radius 2 is 1.14 bits per heavy atom. The number of hydrogen-bond acceptors (Lipinski definition) is 12. The standard InChI is InChI=1S/C31H23N5O8S.CH4O3S/c37-28-22-5-1-3-17-13-19(35(41)42)15-24(26(17)22)30(39)33(28)11-8-21(45)7-9-32-10-12-34-29(38)23-6-2-4-18-14-20(36(43)44)16-25(27(18)23)31(34)40;1-5(2,3)4/h1-6,13-16,32H,7-12H2;1H3,(H,2,3,4). The number of nitro groups is 2. The van der Waals surface area contributed by atoms with Crippen LogP contribution in [0, 0.1) is 20.2 Å². The van der Waals surface area contributed by atoms with Gasteiger partial charge in [0.05, 0.1) is 27.2 Å². The molecule has 2 N–H and O–H groups in total. The Labute approximate surface area is 288 Å². The van der Waals surface area contributed by atoms with E-state index in [9.17, 15) is 47.8 Å². The third-order valence-corrected chi connectivity index (χ3v) is 8.36. The minimum atomic E-state index is -3.67. The Morgan fingerprint density at radius 1 is 0.720 bits per heavy atom. The number of hydrogen-bond donors (Lipinski definition) is 2.